The van der Waals surface area contributed by atoms with Gasteiger partial charge in [0, 0.05) is 18.9 Å². The van der Waals surface area contributed by atoms with E-state index in [1.54, 1.807) is 19.3 Å². The quantitative estimate of drug-likeness (QED) is 0.800. The van der Waals surface area contributed by atoms with Crippen molar-refractivity contribution in [3.63, 3.8) is 0 Å². The first-order valence-electron chi connectivity index (χ1n) is 7.35. The first-order chi connectivity index (χ1) is 11.2. The Hall–Kier alpha value is -2.89. The van der Waals surface area contributed by atoms with Crippen LogP contribution in [0.15, 0.2) is 48.8 Å². The number of benzene rings is 1. The first-order valence-corrected chi connectivity index (χ1v) is 7.35. The Kier molecular flexibility index (Phi) is 6.11. The highest BCUT2D eigenvalue weighted by Crippen LogP contribution is 2.19. The van der Waals surface area contributed by atoms with Gasteiger partial charge in [0.2, 0.25) is 0 Å². The summed E-state index contributed by atoms with van der Waals surface area (Å²) in [7, 11) is 0. The Bertz CT molecular complexity index is 659. The van der Waals surface area contributed by atoms with Crippen LogP contribution in [0.25, 0.3) is 11.1 Å². The van der Waals surface area contributed by atoms with Crippen molar-refractivity contribution in [3.8, 4) is 11.1 Å². The number of pyridine rings is 1. The number of nitrogens with zero attached hydrogens (tertiary/aromatic N) is 1. The highest BCUT2D eigenvalue weighted by Gasteiger charge is 2.06. The van der Waals surface area contributed by atoms with Crippen molar-refractivity contribution in [2.24, 2.45) is 0 Å². The van der Waals surface area contributed by atoms with Crippen molar-refractivity contribution in [1.82, 2.24) is 15.6 Å². The summed E-state index contributed by atoms with van der Waals surface area (Å²) in [6.07, 6.45) is 3.48. The minimum atomic E-state index is -0.456. The Balaban J connectivity index is 1.86. The first kappa shape index (κ1) is 16.5. The van der Waals surface area contributed by atoms with E-state index in [9.17, 15) is 9.59 Å². The molecule has 0 aliphatic carbocycles. The number of ether oxygens (including phenoxy) is 1. The number of aromatic nitrogens is 1. The molecule has 0 saturated heterocycles. The van der Waals surface area contributed by atoms with Crippen LogP contribution in [0.1, 0.15) is 12.5 Å². The fraction of sp³-hybridized carbons (Fsp3) is 0.235. The number of hydrogen-bond donors (Lipinski definition) is 2. The Morgan fingerprint density at radius 1 is 1.09 bits per heavy atom. The molecular weight excluding hydrogens is 294 g/mol. The maximum absolute atomic E-state index is 11.6. The number of carbonyl (C=O) groups is 2. The molecule has 2 N–H and O–H groups in total. The highest BCUT2D eigenvalue weighted by atomic mass is 16.5. The Morgan fingerprint density at radius 3 is 2.61 bits per heavy atom. The molecule has 2 aromatic rings. The van der Waals surface area contributed by atoms with Gasteiger partial charge in [0.1, 0.15) is 6.54 Å². The maximum atomic E-state index is 11.6. The molecule has 2 rings (SSSR count). The fourth-order valence-corrected chi connectivity index (χ4v) is 2.01. The predicted octanol–water partition coefficient (Wildman–Crippen LogP) is 2.11. The molecule has 120 valence electrons. The third-order valence-corrected chi connectivity index (χ3v) is 3.09. The molecule has 0 aliphatic heterocycles. The van der Waals surface area contributed by atoms with E-state index in [0.29, 0.717) is 13.2 Å². The van der Waals surface area contributed by atoms with Crippen molar-refractivity contribution in [3.05, 3.63) is 54.4 Å². The zero-order valence-corrected chi connectivity index (χ0v) is 12.9. The van der Waals surface area contributed by atoms with Gasteiger partial charge in [0.15, 0.2) is 0 Å². The molecule has 0 bridgehead atoms. The lowest BCUT2D eigenvalue weighted by molar-refractivity contribution is -0.141. The van der Waals surface area contributed by atoms with Gasteiger partial charge in [-0.2, -0.15) is 0 Å². The Morgan fingerprint density at radius 2 is 1.87 bits per heavy atom. The topological polar surface area (TPSA) is 80.3 Å². The van der Waals surface area contributed by atoms with Gasteiger partial charge in [-0.15, -0.1) is 0 Å². The van der Waals surface area contributed by atoms with Gasteiger partial charge in [-0.1, -0.05) is 18.2 Å². The number of urea groups is 1. The van der Waals surface area contributed by atoms with E-state index in [0.717, 1.165) is 16.7 Å². The summed E-state index contributed by atoms with van der Waals surface area (Å²) in [5.74, 6) is -0.456. The summed E-state index contributed by atoms with van der Waals surface area (Å²) in [5, 5.41) is 5.16. The molecule has 0 atom stereocenters. The van der Waals surface area contributed by atoms with E-state index in [-0.39, 0.29) is 6.54 Å². The number of rotatable bonds is 6. The van der Waals surface area contributed by atoms with E-state index >= 15 is 0 Å². The summed E-state index contributed by atoms with van der Waals surface area (Å²) in [4.78, 5) is 26.8. The largest absolute Gasteiger partial charge is 0.465 e. The SMILES string of the molecule is CCOC(=O)CNC(=O)NCc1cccc(-c2ccncc2)c1. The third kappa shape index (κ3) is 5.43. The zero-order chi connectivity index (χ0) is 16.5. The molecule has 1 aromatic carbocycles. The summed E-state index contributed by atoms with van der Waals surface area (Å²) >= 11 is 0. The lowest BCUT2D eigenvalue weighted by Crippen LogP contribution is -2.38. The molecule has 0 unspecified atom stereocenters. The molecule has 0 saturated carbocycles. The minimum Gasteiger partial charge on any atom is -0.465 e. The van der Waals surface area contributed by atoms with Crippen LogP contribution in [0.4, 0.5) is 4.79 Å². The van der Waals surface area contributed by atoms with Crippen LogP contribution in [-0.4, -0.2) is 30.1 Å². The van der Waals surface area contributed by atoms with Gasteiger partial charge in [-0.05, 0) is 41.8 Å². The molecule has 0 fully saturated rings. The van der Waals surface area contributed by atoms with Gasteiger partial charge in [-0.25, -0.2) is 4.79 Å². The lowest BCUT2D eigenvalue weighted by atomic mass is 10.0. The predicted molar refractivity (Wildman–Crippen MR) is 86.5 cm³/mol. The number of esters is 1. The molecule has 0 spiro atoms. The van der Waals surface area contributed by atoms with E-state index in [1.807, 2.05) is 36.4 Å². The van der Waals surface area contributed by atoms with Crippen molar-refractivity contribution in [2.45, 2.75) is 13.5 Å². The molecule has 2 amide bonds. The van der Waals surface area contributed by atoms with Crippen LogP contribution >= 0.6 is 0 Å². The molecule has 1 heterocycles. The number of carbonyl (C=O) groups excluding carboxylic acids is 2. The van der Waals surface area contributed by atoms with Gasteiger partial charge in [0.05, 0.1) is 6.61 Å². The second kappa shape index (κ2) is 8.53. The fourth-order valence-electron chi connectivity index (χ4n) is 2.01. The zero-order valence-electron chi connectivity index (χ0n) is 12.9. The van der Waals surface area contributed by atoms with Crippen molar-refractivity contribution < 1.29 is 14.3 Å². The van der Waals surface area contributed by atoms with E-state index < -0.39 is 12.0 Å². The second-order valence-corrected chi connectivity index (χ2v) is 4.78. The van der Waals surface area contributed by atoms with Crippen LogP contribution in [0, 0.1) is 0 Å². The van der Waals surface area contributed by atoms with Gasteiger partial charge < -0.3 is 15.4 Å². The lowest BCUT2D eigenvalue weighted by Gasteiger charge is -2.09. The van der Waals surface area contributed by atoms with Gasteiger partial charge in [0.25, 0.3) is 0 Å². The molecule has 23 heavy (non-hydrogen) atoms. The average Bonchev–Trinajstić information content (AvgIpc) is 2.59. The maximum Gasteiger partial charge on any atom is 0.325 e. The monoisotopic (exact) mass is 313 g/mol. The summed E-state index contributed by atoms with van der Waals surface area (Å²) < 4.78 is 4.73. The van der Waals surface area contributed by atoms with E-state index in [4.69, 9.17) is 4.74 Å². The molecule has 6 heteroatoms. The Labute approximate surface area is 134 Å². The molecule has 6 nitrogen and oxygen atoms in total. The smallest absolute Gasteiger partial charge is 0.325 e. The van der Waals surface area contributed by atoms with Gasteiger partial charge >= 0.3 is 12.0 Å². The summed E-state index contributed by atoms with van der Waals surface area (Å²) in [6, 6.07) is 11.3. The van der Waals surface area contributed by atoms with Crippen molar-refractivity contribution >= 4 is 12.0 Å². The summed E-state index contributed by atoms with van der Waals surface area (Å²) in [6.45, 7) is 2.24. The molecule has 1 aromatic heterocycles. The van der Waals surface area contributed by atoms with E-state index in [1.165, 1.54) is 0 Å². The second-order valence-electron chi connectivity index (χ2n) is 4.78. The highest BCUT2D eigenvalue weighted by molar-refractivity contribution is 5.80. The van der Waals surface area contributed by atoms with Crippen LogP contribution in [0.5, 0.6) is 0 Å². The number of hydrogen-bond acceptors (Lipinski definition) is 4. The van der Waals surface area contributed by atoms with Gasteiger partial charge in [-0.3, -0.25) is 9.78 Å². The number of amides is 2. The molecule has 0 aliphatic rings. The van der Waals surface area contributed by atoms with Crippen LogP contribution in [0.2, 0.25) is 0 Å². The molecule has 0 radical (unpaired) electrons. The van der Waals surface area contributed by atoms with Crippen LogP contribution in [0.3, 0.4) is 0 Å². The average molecular weight is 313 g/mol. The standard InChI is InChI=1S/C17H19N3O3/c1-2-23-16(21)12-20-17(22)19-11-13-4-3-5-15(10-13)14-6-8-18-9-7-14/h3-10H,2,11-12H2,1H3,(H2,19,20,22). The normalized spacial score (nSPS) is 9.96. The van der Waals surface area contributed by atoms with Crippen LogP contribution < -0.4 is 10.6 Å². The third-order valence-electron chi connectivity index (χ3n) is 3.09. The molecular formula is C17H19N3O3. The summed E-state index contributed by atoms with van der Waals surface area (Å²) in [5.41, 5.74) is 3.08. The van der Waals surface area contributed by atoms with Crippen molar-refractivity contribution in [2.75, 3.05) is 13.2 Å². The number of nitrogens with one attached hydrogen (secondary N) is 2. The van der Waals surface area contributed by atoms with Crippen molar-refractivity contribution in [1.29, 1.82) is 0 Å². The van der Waals surface area contributed by atoms with Crippen LogP contribution in [-0.2, 0) is 16.1 Å². The minimum absolute atomic E-state index is 0.142. The van der Waals surface area contributed by atoms with E-state index in [2.05, 4.69) is 15.6 Å².